The first-order chi connectivity index (χ1) is 8.79. The normalized spacial score (nSPS) is 16.3. The summed E-state index contributed by atoms with van der Waals surface area (Å²) in [5.74, 6) is 0.173. The lowest BCUT2D eigenvalue weighted by Crippen LogP contribution is -2.33. The monoisotopic (exact) mass is 247 g/mol. The van der Waals surface area contributed by atoms with E-state index in [1.165, 1.54) is 5.56 Å². The number of nitrogens with one attached hydrogen (secondary N) is 1. The molecule has 1 saturated carbocycles. The van der Waals surface area contributed by atoms with Gasteiger partial charge in [0.15, 0.2) is 0 Å². The lowest BCUT2D eigenvalue weighted by Gasteiger charge is -2.17. The summed E-state index contributed by atoms with van der Waals surface area (Å²) in [6.07, 6.45) is 2.98. The Bertz CT molecular complexity index is 373. The Kier molecular flexibility index (Phi) is 4.76. The number of benzene rings is 1. The predicted octanol–water partition coefficient (Wildman–Crippen LogP) is 2.51. The van der Waals surface area contributed by atoms with Gasteiger partial charge in [-0.2, -0.15) is 0 Å². The summed E-state index contributed by atoms with van der Waals surface area (Å²) in [5.41, 5.74) is 1.25. The summed E-state index contributed by atoms with van der Waals surface area (Å²) >= 11 is 0. The van der Waals surface area contributed by atoms with E-state index in [0.717, 1.165) is 25.8 Å². The SMILES string of the molecule is CCC(COC(=O)C1CC1)NCc1ccccc1. The van der Waals surface area contributed by atoms with Crippen molar-refractivity contribution in [1.29, 1.82) is 0 Å². The second kappa shape index (κ2) is 6.55. The van der Waals surface area contributed by atoms with Gasteiger partial charge in [0.1, 0.15) is 6.61 Å². The number of ether oxygens (including phenoxy) is 1. The van der Waals surface area contributed by atoms with E-state index in [1.54, 1.807) is 0 Å². The smallest absolute Gasteiger partial charge is 0.308 e. The van der Waals surface area contributed by atoms with Crippen LogP contribution in [0, 0.1) is 5.92 Å². The molecule has 2 rings (SSSR count). The number of rotatable bonds is 7. The fraction of sp³-hybridized carbons (Fsp3) is 0.533. The Morgan fingerprint density at radius 1 is 1.39 bits per heavy atom. The van der Waals surface area contributed by atoms with Gasteiger partial charge in [0.25, 0.3) is 0 Å². The molecule has 18 heavy (non-hydrogen) atoms. The number of carbonyl (C=O) groups excluding carboxylic acids is 1. The largest absolute Gasteiger partial charge is 0.464 e. The minimum Gasteiger partial charge on any atom is -0.464 e. The van der Waals surface area contributed by atoms with E-state index < -0.39 is 0 Å². The van der Waals surface area contributed by atoms with Crippen molar-refractivity contribution in [3.05, 3.63) is 35.9 Å². The zero-order valence-corrected chi connectivity index (χ0v) is 10.9. The van der Waals surface area contributed by atoms with Gasteiger partial charge in [-0.15, -0.1) is 0 Å². The van der Waals surface area contributed by atoms with E-state index in [0.29, 0.717) is 6.61 Å². The van der Waals surface area contributed by atoms with Crippen LogP contribution < -0.4 is 5.32 Å². The lowest BCUT2D eigenvalue weighted by molar-refractivity contribution is -0.145. The molecule has 1 aromatic carbocycles. The molecule has 1 aliphatic rings. The Morgan fingerprint density at radius 3 is 2.72 bits per heavy atom. The molecule has 1 unspecified atom stereocenters. The summed E-state index contributed by atoms with van der Waals surface area (Å²) < 4.78 is 5.31. The van der Waals surface area contributed by atoms with Crippen LogP contribution in [-0.2, 0) is 16.1 Å². The second-order valence-corrected chi connectivity index (χ2v) is 4.88. The highest BCUT2D eigenvalue weighted by Crippen LogP contribution is 2.30. The molecule has 0 saturated heterocycles. The van der Waals surface area contributed by atoms with Gasteiger partial charge >= 0.3 is 5.97 Å². The average molecular weight is 247 g/mol. The molecule has 1 fully saturated rings. The zero-order valence-electron chi connectivity index (χ0n) is 10.9. The molecule has 0 bridgehead atoms. The van der Waals surface area contributed by atoms with E-state index in [1.807, 2.05) is 18.2 Å². The quantitative estimate of drug-likeness (QED) is 0.752. The third kappa shape index (κ3) is 4.15. The van der Waals surface area contributed by atoms with Crippen LogP contribution in [0.15, 0.2) is 30.3 Å². The van der Waals surface area contributed by atoms with Gasteiger partial charge in [0.2, 0.25) is 0 Å². The highest BCUT2D eigenvalue weighted by molar-refractivity contribution is 5.74. The topological polar surface area (TPSA) is 38.3 Å². The molecule has 0 aliphatic heterocycles. The minimum atomic E-state index is -0.0186. The second-order valence-electron chi connectivity index (χ2n) is 4.88. The molecule has 1 atom stereocenters. The maximum absolute atomic E-state index is 11.4. The van der Waals surface area contributed by atoms with Crippen LogP contribution in [0.3, 0.4) is 0 Å². The Labute approximate surface area is 109 Å². The first kappa shape index (κ1) is 13.1. The molecule has 0 radical (unpaired) electrons. The molecule has 1 aromatic rings. The predicted molar refractivity (Wildman–Crippen MR) is 71.0 cm³/mol. The molecule has 0 aromatic heterocycles. The van der Waals surface area contributed by atoms with Crippen LogP contribution in [0.2, 0.25) is 0 Å². The van der Waals surface area contributed by atoms with E-state index in [4.69, 9.17) is 4.74 Å². The van der Waals surface area contributed by atoms with Gasteiger partial charge < -0.3 is 10.1 Å². The third-order valence-corrected chi connectivity index (χ3v) is 3.27. The van der Waals surface area contributed by atoms with Gasteiger partial charge in [0.05, 0.1) is 5.92 Å². The van der Waals surface area contributed by atoms with E-state index in [9.17, 15) is 4.79 Å². The standard InChI is InChI=1S/C15H21NO2/c1-2-14(11-18-15(17)13-8-9-13)16-10-12-6-4-3-5-7-12/h3-7,13-14,16H,2,8-11H2,1H3. The number of hydrogen-bond acceptors (Lipinski definition) is 3. The fourth-order valence-electron chi connectivity index (χ4n) is 1.80. The van der Waals surface area contributed by atoms with Crippen molar-refractivity contribution >= 4 is 5.97 Å². The summed E-state index contributed by atoms with van der Waals surface area (Å²) in [6, 6.07) is 10.5. The Hall–Kier alpha value is -1.35. The number of esters is 1. The molecule has 1 aliphatic carbocycles. The zero-order chi connectivity index (χ0) is 12.8. The van der Waals surface area contributed by atoms with E-state index in [2.05, 4.69) is 24.4 Å². The summed E-state index contributed by atoms with van der Waals surface area (Å²) in [4.78, 5) is 11.4. The molecule has 98 valence electrons. The van der Waals surface area contributed by atoms with Gasteiger partial charge in [-0.1, -0.05) is 37.3 Å². The van der Waals surface area contributed by atoms with Crippen LogP contribution in [0.25, 0.3) is 0 Å². The van der Waals surface area contributed by atoms with Gasteiger partial charge in [-0.05, 0) is 24.8 Å². The average Bonchev–Trinajstić information content (AvgIpc) is 3.24. The Balaban J connectivity index is 1.70. The number of hydrogen-bond donors (Lipinski definition) is 1. The third-order valence-electron chi connectivity index (χ3n) is 3.27. The first-order valence-corrected chi connectivity index (χ1v) is 6.73. The summed E-state index contributed by atoms with van der Waals surface area (Å²) in [5, 5.41) is 3.42. The van der Waals surface area contributed by atoms with E-state index >= 15 is 0 Å². The molecule has 3 nitrogen and oxygen atoms in total. The van der Waals surface area contributed by atoms with Crippen molar-refractivity contribution in [2.75, 3.05) is 6.61 Å². The van der Waals surface area contributed by atoms with E-state index in [-0.39, 0.29) is 17.9 Å². The van der Waals surface area contributed by atoms with Crippen LogP contribution in [-0.4, -0.2) is 18.6 Å². The van der Waals surface area contributed by atoms with Crippen LogP contribution >= 0.6 is 0 Å². The molecule has 0 heterocycles. The first-order valence-electron chi connectivity index (χ1n) is 6.73. The molecule has 0 amide bonds. The van der Waals surface area contributed by atoms with Crippen molar-refractivity contribution < 1.29 is 9.53 Å². The molecule has 0 spiro atoms. The maximum Gasteiger partial charge on any atom is 0.308 e. The molecule has 1 N–H and O–H groups in total. The highest BCUT2D eigenvalue weighted by atomic mass is 16.5. The Morgan fingerprint density at radius 2 is 2.11 bits per heavy atom. The van der Waals surface area contributed by atoms with Gasteiger partial charge in [0, 0.05) is 12.6 Å². The van der Waals surface area contributed by atoms with Crippen LogP contribution in [0.4, 0.5) is 0 Å². The van der Waals surface area contributed by atoms with Crippen molar-refractivity contribution in [2.45, 2.75) is 38.8 Å². The molecular weight excluding hydrogens is 226 g/mol. The summed E-state index contributed by atoms with van der Waals surface area (Å²) in [6.45, 7) is 3.41. The van der Waals surface area contributed by atoms with Gasteiger partial charge in [-0.25, -0.2) is 0 Å². The molecule has 3 heteroatoms. The molecular formula is C15H21NO2. The maximum atomic E-state index is 11.4. The van der Waals surface area contributed by atoms with Crippen LogP contribution in [0.5, 0.6) is 0 Å². The van der Waals surface area contributed by atoms with Gasteiger partial charge in [-0.3, -0.25) is 4.79 Å². The van der Waals surface area contributed by atoms with Crippen molar-refractivity contribution in [2.24, 2.45) is 5.92 Å². The van der Waals surface area contributed by atoms with Crippen molar-refractivity contribution in [1.82, 2.24) is 5.32 Å². The minimum absolute atomic E-state index is 0.0186. The van der Waals surface area contributed by atoms with Crippen molar-refractivity contribution in [3.63, 3.8) is 0 Å². The summed E-state index contributed by atoms with van der Waals surface area (Å²) in [7, 11) is 0. The lowest BCUT2D eigenvalue weighted by atomic mass is 10.2. The fourth-order valence-corrected chi connectivity index (χ4v) is 1.80. The van der Waals surface area contributed by atoms with Crippen LogP contribution in [0.1, 0.15) is 31.7 Å². The van der Waals surface area contributed by atoms with Crippen molar-refractivity contribution in [3.8, 4) is 0 Å². The highest BCUT2D eigenvalue weighted by Gasteiger charge is 2.31. The number of carbonyl (C=O) groups is 1.